The standard InChI is InChI=1S/C4H8.2C3H8/c1-3-4-2;2*1-3-2/h3-4H,1-2H3;2*3H2,1-2H3/b4-3+;;. The molecular weight excluding hydrogens is 120 g/mol. The Kier molecular flexibility index (Phi) is 61.3. The van der Waals surface area contributed by atoms with Crippen molar-refractivity contribution in [3.8, 4) is 0 Å². The van der Waals surface area contributed by atoms with Crippen LogP contribution in [-0.2, 0) is 0 Å². The summed E-state index contributed by atoms with van der Waals surface area (Å²) in [6.07, 6.45) is 6.50. The Morgan fingerprint density at radius 1 is 0.700 bits per heavy atom. The fourth-order valence-corrected chi connectivity index (χ4v) is 0. The molecule has 0 amide bonds. The van der Waals surface area contributed by atoms with Crippen molar-refractivity contribution >= 4 is 0 Å². The summed E-state index contributed by atoms with van der Waals surface area (Å²) in [4.78, 5) is 0. The molecule has 0 bridgehead atoms. The molecule has 0 atom stereocenters. The van der Waals surface area contributed by atoms with Gasteiger partial charge in [-0.15, -0.1) is 0 Å². The highest BCUT2D eigenvalue weighted by Crippen LogP contribution is 1.57. The second-order valence-corrected chi connectivity index (χ2v) is 2.08. The van der Waals surface area contributed by atoms with Crippen LogP contribution in [0.5, 0.6) is 0 Å². The smallest absolute Gasteiger partial charge is 0.0470 e. The molecule has 0 unspecified atom stereocenters. The summed E-state index contributed by atoms with van der Waals surface area (Å²) < 4.78 is 0. The molecular formula is C10H24. The van der Waals surface area contributed by atoms with E-state index in [-0.39, 0.29) is 0 Å². The van der Waals surface area contributed by atoms with Crippen LogP contribution >= 0.6 is 0 Å². The van der Waals surface area contributed by atoms with E-state index in [2.05, 4.69) is 27.7 Å². The van der Waals surface area contributed by atoms with Gasteiger partial charge in [-0.1, -0.05) is 52.7 Å². The SMILES string of the molecule is C/C=C/C.CCC.CCC. The lowest BCUT2D eigenvalue weighted by molar-refractivity contribution is 1.09. The maximum atomic E-state index is 2.12. The van der Waals surface area contributed by atoms with Crippen molar-refractivity contribution in [3.63, 3.8) is 0 Å². The summed E-state index contributed by atoms with van der Waals surface area (Å²) in [6, 6.07) is 0. The third-order valence-electron chi connectivity index (χ3n) is 0.333. The maximum absolute atomic E-state index is 2.12. The highest BCUT2D eigenvalue weighted by molar-refractivity contribution is 4.68. The Hall–Kier alpha value is -0.260. The molecule has 0 saturated carbocycles. The van der Waals surface area contributed by atoms with Gasteiger partial charge in [0.1, 0.15) is 0 Å². The minimum atomic E-state index is 1.25. The van der Waals surface area contributed by atoms with E-state index in [4.69, 9.17) is 0 Å². The molecule has 64 valence electrons. The Bertz CT molecular complexity index is 29.3. The molecule has 0 aliphatic carbocycles. The molecule has 0 nitrogen and oxygen atoms in total. The summed E-state index contributed by atoms with van der Waals surface area (Å²) in [5.74, 6) is 0. The number of hydrogen-bond donors (Lipinski definition) is 0. The van der Waals surface area contributed by atoms with Crippen LogP contribution in [0.25, 0.3) is 0 Å². The lowest BCUT2D eigenvalue weighted by Gasteiger charge is -1.49. The molecule has 10 heavy (non-hydrogen) atoms. The highest BCUT2D eigenvalue weighted by Gasteiger charge is 1.36. The van der Waals surface area contributed by atoms with Gasteiger partial charge in [0.05, 0.1) is 0 Å². The predicted octanol–water partition coefficient (Wildman–Crippen LogP) is 4.42. The van der Waals surface area contributed by atoms with Crippen molar-refractivity contribution < 1.29 is 0 Å². The minimum Gasteiger partial charge on any atom is -0.0919 e. The molecule has 0 aliphatic rings. The van der Waals surface area contributed by atoms with Crippen molar-refractivity contribution in [1.29, 1.82) is 0 Å². The summed E-state index contributed by atoms with van der Waals surface area (Å²) in [5, 5.41) is 0. The Balaban J connectivity index is -0.0000000750. The van der Waals surface area contributed by atoms with Gasteiger partial charge in [-0.3, -0.25) is 0 Å². The van der Waals surface area contributed by atoms with E-state index in [9.17, 15) is 0 Å². The van der Waals surface area contributed by atoms with E-state index in [1.807, 2.05) is 26.0 Å². The number of rotatable bonds is 0. The Labute approximate surface area is 67.3 Å². The highest BCUT2D eigenvalue weighted by atomic mass is 13.4. The molecule has 0 aromatic heterocycles. The molecule has 0 saturated heterocycles. The fourth-order valence-electron chi connectivity index (χ4n) is 0. The van der Waals surface area contributed by atoms with Crippen molar-refractivity contribution in [3.05, 3.63) is 12.2 Å². The largest absolute Gasteiger partial charge is 0.0919 e. The van der Waals surface area contributed by atoms with Gasteiger partial charge in [0.15, 0.2) is 0 Å². The minimum absolute atomic E-state index is 1.25. The lowest BCUT2D eigenvalue weighted by atomic mass is 10.6. The lowest BCUT2D eigenvalue weighted by Crippen LogP contribution is -1.27. The summed E-state index contributed by atoms with van der Waals surface area (Å²) in [6.45, 7) is 12.5. The van der Waals surface area contributed by atoms with Gasteiger partial charge in [0.25, 0.3) is 0 Å². The van der Waals surface area contributed by atoms with Crippen LogP contribution in [0.15, 0.2) is 12.2 Å². The van der Waals surface area contributed by atoms with Crippen LogP contribution in [0.2, 0.25) is 0 Å². The van der Waals surface area contributed by atoms with Gasteiger partial charge in [-0.2, -0.15) is 0 Å². The van der Waals surface area contributed by atoms with E-state index < -0.39 is 0 Å². The Morgan fingerprint density at radius 2 is 0.800 bits per heavy atom. The third kappa shape index (κ3) is 642. The Morgan fingerprint density at radius 3 is 0.800 bits per heavy atom. The summed E-state index contributed by atoms with van der Waals surface area (Å²) in [7, 11) is 0. The molecule has 0 aromatic carbocycles. The van der Waals surface area contributed by atoms with Gasteiger partial charge < -0.3 is 0 Å². The summed E-state index contributed by atoms with van der Waals surface area (Å²) in [5.41, 5.74) is 0. The van der Waals surface area contributed by atoms with Crippen molar-refractivity contribution in [2.75, 3.05) is 0 Å². The van der Waals surface area contributed by atoms with Crippen LogP contribution < -0.4 is 0 Å². The van der Waals surface area contributed by atoms with E-state index in [1.54, 1.807) is 0 Å². The zero-order valence-electron chi connectivity index (χ0n) is 8.57. The van der Waals surface area contributed by atoms with Gasteiger partial charge in [-0.05, 0) is 13.8 Å². The van der Waals surface area contributed by atoms with E-state index in [0.717, 1.165) is 0 Å². The third-order valence-corrected chi connectivity index (χ3v) is 0.333. The van der Waals surface area contributed by atoms with Crippen molar-refractivity contribution in [1.82, 2.24) is 0 Å². The molecule has 0 N–H and O–H groups in total. The van der Waals surface area contributed by atoms with Crippen LogP contribution in [0.3, 0.4) is 0 Å². The average Bonchev–Trinajstić information content (AvgIpc) is 1.91. The second-order valence-electron chi connectivity index (χ2n) is 2.08. The molecule has 0 aromatic rings. The van der Waals surface area contributed by atoms with E-state index in [0.29, 0.717) is 0 Å². The average molecular weight is 144 g/mol. The van der Waals surface area contributed by atoms with Crippen molar-refractivity contribution in [2.45, 2.75) is 54.4 Å². The fraction of sp³-hybridized carbons (Fsp3) is 0.800. The zero-order chi connectivity index (χ0) is 8.83. The number of allylic oxidation sites excluding steroid dienone is 2. The van der Waals surface area contributed by atoms with Gasteiger partial charge >= 0.3 is 0 Å². The first-order valence-corrected chi connectivity index (χ1v) is 4.32. The maximum Gasteiger partial charge on any atom is -0.0470 e. The first kappa shape index (κ1) is 16.4. The molecule has 0 rings (SSSR count). The molecule has 0 aliphatic heterocycles. The van der Waals surface area contributed by atoms with E-state index in [1.165, 1.54) is 12.8 Å². The summed E-state index contributed by atoms with van der Waals surface area (Å²) >= 11 is 0. The first-order valence-electron chi connectivity index (χ1n) is 4.32. The quantitative estimate of drug-likeness (QED) is 0.442. The molecule has 0 fully saturated rings. The topological polar surface area (TPSA) is 0 Å². The van der Waals surface area contributed by atoms with Gasteiger partial charge in [0.2, 0.25) is 0 Å². The normalized spacial score (nSPS) is 7.40. The van der Waals surface area contributed by atoms with E-state index >= 15 is 0 Å². The monoisotopic (exact) mass is 144 g/mol. The molecule has 0 heterocycles. The first-order chi connectivity index (χ1) is 4.74. The van der Waals surface area contributed by atoms with Gasteiger partial charge in [-0.25, -0.2) is 0 Å². The van der Waals surface area contributed by atoms with Crippen molar-refractivity contribution in [2.24, 2.45) is 0 Å². The zero-order valence-corrected chi connectivity index (χ0v) is 8.57. The molecule has 0 spiro atoms. The predicted molar refractivity (Wildman–Crippen MR) is 52.4 cm³/mol. The second kappa shape index (κ2) is 37.4. The van der Waals surface area contributed by atoms with Crippen LogP contribution in [0.4, 0.5) is 0 Å². The molecule has 0 heteroatoms. The number of hydrogen-bond acceptors (Lipinski definition) is 0. The van der Waals surface area contributed by atoms with Crippen LogP contribution in [0.1, 0.15) is 54.4 Å². The van der Waals surface area contributed by atoms with Gasteiger partial charge in [0, 0.05) is 0 Å². The molecule has 0 radical (unpaired) electrons. The van der Waals surface area contributed by atoms with Crippen LogP contribution in [0, 0.1) is 0 Å². The van der Waals surface area contributed by atoms with Crippen LogP contribution in [-0.4, -0.2) is 0 Å².